The molecule has 190 valence electrons. The fourth-order valence-corrected chi connectivity index (χ4v) is 10.8. The first-order valence-electron chi connectivity index (χ1n) is 12.1. The van der Waals surface area contributed by atoms with E-state index in [1.807, 2.05) is 0 Å². The van der Waals surface area contributed by atoms with Crippen molar-refractivity contribution in [1.29, 1.82) is 0 Å². The molecular formula is C23H40N4O5Si2. The monoisotopic (exact) mass is 508 g/mol. The summed E-state index contributed by atoms with van der Waals surface area (Å²) >= 11 is 0. The summed E-state index contributed by atoms with van der Waals surface area (Å²) in [6.45, 7) is 20.9. The van der Waals surface area contributed by atoms with E-state index in [0.29, 0.717) is 30.3 Å². The smallest absolute Gasteiger partial charge is 0.349 e. The SMILES string of the molecule is CC(C)(C)[Si]1(C(C)(C)C)OC[C@H]2OC(n3cnc4c(OCC[Si](C)(C)C)ncnc43)[C@@H](O)[C@@H]2O1. The highest BCUT2D eigenvalue weighted by Gasteiger charge is 2.65. The Morgan fingerprint density at radius 3 is 2.41 bits per heavy atom. The molecule has 0 saturated carbocycles. The molecule has 0 spiro atoms. The van der Waals surface area contributed by atoms with Crippen molar-refractivity contribution in [2.45, 2.75) is 102 Å². The molecule has 4 heterocycles. The van der Waals surface area contributed by atoms with Crippen molar-refractivity contribution in [2.75, 3.05) is 13.2 Å². The number of ether oxygens (including phenoxy) is 2. The lowest BCUT2D eigenvalue weighted by molar-refractivity contribution is -0.0795. The summed E-state index contributed by atoms with van der Waals surface area (Å²) in [6, 6.07) is 1.03. The number of aliphatic hydroxyl groups is 1. The van der Waals surface area contributed by atoms with Gasteiger partial charge in [0.15, 0.2) is 17.4 Å². The van der Waals surface area contributed by atoms with Crippen LogP contribution >= 0.6 is 0 Å². The van der Waals surface area contributed by atoms with Gasteiger partial charge in [-0.25, -0.2) is 9.97 Å². The van der Waals surface area contributed by atoms with E-state index in [0.717, 1.165) is 6.04 Å². The second kappa shape index (κ2) is 8.63. The fraction of sp³-hybridized carbons (Fsp3) is 0.783. The van der Waals surface area contributed by atoms with Crippen LogP contribution in [-0.4, -0.2) is 72.8 Å². The van der Waals surface area contributed by atoms with E-state index in [-0.39, 0.29) is 16.2 Å². The van der Waals surface area contributed by atoms with Crippen molar-refractivity contribution in [1.82, 2.24) is 19.5 Å². The maximum Gasteiger partial charge on any atom is 0.349 e. The minimum atomic E-state index is -2.73. The minimum Gasteiger partial charge on any atom is -0.476 e. The van der Waals surface area contributed by atoms with Crippen LogP contribution in [0.4, 0.5) is 0 Å². The molecule has 34 heavy (non-hydrogen) atoms. The van der Waals surface area contributed by atoms with Crippen LogP contribution in [0.5, 0.6) is 5.88 Å². The van der Waals surface area contributed by atoms with Gasteiger partial charge in [-0.05, 0) is 6.04 Å². The minimum absolute atomic E-state index is 0.175. The summed E-state index contributed by atoms with van der Waals surface area (Å²) < 4.78 is 27.2. The molecule has 0 aromatic carbocycles. The van der Waals surface area contributed by atoms with Gasteiger partial charge in [-0.15, -0.1) is 0 Å². The van der Waals surface area contributed by atoms with E-state index >= 15 is 0 Å². The molecule has 4 atom stereocenters. The van der Waals surface area contributed by atoms with Crippen LogP contribution in [0.2, 0.25) is 35.8 Å². The molecule has 9 nitrogen and oxygen atoms in total. The Balaban J connectivity index is 1.59. The van der Waals surface area contributed by atoms with Crippen molar-refractivity contribution in [3.8, 4) is 5.88 Å². The second-order valence-electron chi connectivity index (χ2n) is 12.7. The summed E-state index contributed by atoms with van der Waals surface area (Å²) in [5, 5.41) is 11.0. The summed E-state index contributed by atoms with van der Waals surface area (Å²) in [4.78, 5) is 13.2. The normalized spacial score (nSPS) is 27.7. The van der Waals surface area contributed by atoms with Gasteiger partial charge >= 0.3 is 8.56 Å². The highest BCUT2D eigenvalue weighted by molar-refractivity contribution is 6.76. The van der Waals surface area contributed by atoms with Gasteiger partial charge in [0.1, 0.15) is 24.6 Å². The maximum atomic E-state index is 11.4. The molecule has 2 aliphatic rings. The van der Waals surface area contributed by atoms with Gasteiger partial charge in [-0.2, -0.15) is 4.98 Å². The molecule has 2 aromatic heterocycles. The predicted molar refractivity (Wildman–Crippen MR) is 135 cm³/mol. The number of hydrogen-bond acceptors (Lipinski definition) is 8. The third-order valence-electron chi connectivity index (χ3n) is 6.73. The molecule has 2 aromatic rings. The topological polar surface area (TPSA) is 101 Å². The summed E-state index contributed by atoms with van der Waals surface area (Å²) in [6.07, 6.45) is 0.699. The number of aromatic nitrogens is 4. The van der Waals surface area contributed by atoms with Gasteiger partial charge in [0.05, 0.1) is 19.5 Å². The van der Waals surface area contributed by atoms with E-state index in [1.165, 1.54) is 6.33 Å². The zero-order valence-corrected chi connectivity index (χ0v) is 24.0. The van der Waals surface area contributed by atoms with E-state index < -0.39 is 35.1 Å². The Bertz CT molecular complexity index is 1010. The number of imidazole rings is 1. The Kier molecular flexibility index (Phi) is 6.53. The maximum absolute atomic E-state index is 11.4. The molecule has 2 fully saturated rings. The molecule has 0 bridgehead atoms. The van der Waals surface area contributed by atoms with E-state index in [1.54, 1.807) is 10.9 Å². The first kappa shape index (κ1) is 25.7. The molecule has 11 heteroatoms. The first-order valence-corrected chi connectivity index (χ1v) is 17.6. The number of hydrogen-bond donors (Lipinski definition) is 1. The first-order chi connectivity index (χ1) is 15.6. The van der Waals surface area contributed by atoms with Gasteiger partial charge in [-0.1, -0.05) is 61.2 Å². The van der Waals surface area contributed by atoms with Gasteiger partial charge in [0, 0.05) is 18.2 Å². The van der Waals surface area contributed by atoms with E-state index in [2.05, 4.69) is 76.1 Å². The van der Waals surface area contributed by atoms with Crippen LogP contribution in [-0.2, 0) is 13.6 Å². The standard InChI is InChI=1S/C23H40N4O5Si2/c1-22(2,3)34(23(4,5)6)30-12-15-18(32-34)17(28)21(31-15)27-14-26-16-19(27)24-13-25-20(16)29-10-11-33(7,8)9/h13-15,17-18,21,28H,10-12H2,1-9H3/t15-,17+,18-,21?/m1/s1. The molecule has 1 N–H and O–H groups in total. The number of nitrogens with zero attached hydrogens (tertiary/aromatic N) is 4. The van der Waals surface area contributed by atoms with Crippen LogP contribution in [0.15, 0.2) is 12.7 Å². The van der Waals surface area contributed by atoms with Gasteiger partial charge < -0.3 is 23.4 Å². The van der Waals surface area contributed by atoms with Crippen molar-refractivity contribution in [3.05, 3.63) is 12.7 Å². The molecule has 0 amide bonds. The average Bonchev–Trinajstić information content (AvgIpc) is 3.26. The Morgan fingerprint density at radius 1 is 1.12 bits per heavy atom. The highest BCUT2D eigenvalue weighted by Crippen LogP contribution is 2.55. The average molecular weight is 509 g/mol. The van der Waals surface area contributed by atoms with Crippen molar-refractivity contribution < 1.29 is 23.4 Å². The molecule has 4 rings (SSSR count). The van der Waals surface area contributed by atoms with Gasteiger partial charge in [0.25, 0.3) is 0 Å². The third-order valence-corrected chi connectivity index (χ3v) is 13.6. The largest absolute Gasteiger partial charge is 0.476 e. The molecule has 2 aliphatic heterocycles. The molecule has 0 aliphatic carbocycles. The van der Waals surface area contributed by atoms with Crippen LogP contribution in [0.1, 0.15) is 47.8 Å². The lowest BCUT2D eigenvalue weighted by atomic mass is 10.1. The van der Waals surface area contributed by atoms with Gasteiger partial charge in [0.2, 0.25) is 5.88 Å². The van der Waals surface area contributed by atoms with Crippen LogP contribution < -0.4 is 4.74 Å². The number of aliphatic hydroxyl groups excluding tert-OH is 1. The van der Waals surface area contributed by atoms with Crippen LogP contribution in [0.3, 0.4) is 0 Å². The number of rotatable bonds is 5. The lowest BCUT2D eigenvalue weighted by Gasteiger charge is -2.53. The Labute approximate surface area is 204 Å². The summed E-state index contributed by atoms with van der Waals surface area (Å²) in [5.74, 6) is 0.457. The summed E-state index contributed by atoms with van der Waals surface area (Å²) in [5.41, 5.74) is 1.13. The van der Waals surface area contributed by atoms with Crippen LogP contribution in [0.25, 0.3) is 11.2 Å². The Hall–Kier alpha value is -1.38. The zero-order chi connectivity index (χ0) is 25.1. The summed E-state index contributed by atoms with van der Waals surface area (Å²) in [7, 11) is -3.96. The fourth-order valence-electron chi connectivity index (χ4n) is 5.14. The molecule has 0 radical (unpaired) electrons. The zero-order valence-electron chi connectivity index (χ0n) is 22.0. The highest BCUT2D eigenvalue weighted by atomic mass is 28.4. The van der Waals surface area contributed by atoms with Crippen molar-refractivity contribution in [2.24, 2.45) is 0 Å². The second-order valence-corrected chi connectivity index (χ2v) is 23.1. The van der Waals surface area contributed by atoms with Crippen molar-refractivity contribution in [3.63, 3.8) is 0 Å². The van der Waals surface area contributed by atoms with Crippen molar-refractivity contribution >= 4 is 27.8 Å². The van der Waals surface area contributed by atoms with Gasteiger partial charge in [-0.3, -0.25) is 4.57 Å². The quantitative estimate of drug-likeness (QED) is 0.598. The number of fused-ring (bicyclic) bond motifs is 2. The van der Waals surface area contributed by atoms with E-state index in [9.17, 15) is 5.11 Å². The third kappa shape index (κ3) is 4.46. The lowest BCUT2D eigenvalue weighted by Crippen LogP contribution is -2.65. The molecule has 2 saturated heterocycles. The molecule has 1 unspecified atom stereocenters. The van der Waals surface area contributed by atoms with E-state index in [4.69, 9.17) is 18.3 Å². The molecular weight excluding hydrogens is 468 g/mol. The van der Waals surface area contributed by atoms with Crippen LogP contribution in [0, 0.1) is 0 Å². The Morgan fingerprint density at radius 2 is 1.79 bits per heavy atom. The predicted octanol–water partition coefficient (Wildman–Crippen LogP) is 4.26.